The quantitative estimate of drug-likeness (QED) is 0.536. The second kappa shape index (κ2) is 9.01. The van der Waals surface area contributed by atoms with E-state index >= 15 is 0 Å². The van der Waals surface area contributed by atoms with Crippen molar-refractivity contribution in [3.63, 3.8) is 0 Å². The van der Waals surface area contributed by atoms with Crippen LogP contribution in [0.1, 0.15) is 58.8 Å². The summed E-state index contributed by atoms with van der Waals surface area (Å²) >= 11 is 1.55. The molecule has 3 saturated heterocycles. The second-order valence-electron chi connectivity index (χ2n) is 10.2. The molecule has 2 unspecified atom stereocenters. The van der Waals surface area contributed by atoms with E-state index in [9.17, 15) is 24.6 Å². The van der Waals surface area contributed by atoms with Crippen LogP contribution in [-0.2, 0) is 14.4 Å². The molecule has 0 aromatic rings. The van der Waals surface area contributed by atoms with Gasteiger partial charge in [-0.3, -0.25) is 14.4 Å². The second-order valence-corrected chi connectivity index (χ2v) is 11.8. The van der Waals surface area contributed by atoms with E-state index in [2.05, 4.69) is 6.58 Å². The number of likely N-dealkylation sites (tertiary alicyclic amines) is 1. The van der Waals surface area contributed by atoms with Crippen LogP contribution in [0.25, 0.3) is 0 Å². The molecule has 3 heterocycles. The van der Waals surface area contributed by atoms with E-state index in [0.29, 0.717) is 19.4 Å². The number of carbonyl (C=O) groups is 3. The molecule has 4 aliphatic rings. The molecule has 1 spiro atoms. The van der Waals surface area contributed by atoms with Crippen molar-refractivity contribution in [1.82, 2.24) is 9.80 Å². The van der Waals surface area contributed by atoms with Gasteiger partial charge in [-0.25, -0.2) is 0 Å². The normalized spacial score (nSPS) is 35.2. The number of hydrogen-bond donors (Lipinski definition) is 2. The van der Waals surface area contributed by atoms with Crippen LogP contribution in [0.5, 0.6) is 0 Å². The molecule has 1 saturated carbocycles. The Morgan fingerprint density at radius 1 is 1.28 bits per heavy atom. The van der Waals surface area contributed by atoms with Crippen molar-refractivity contribution < 1.29 is 24.6 Å². The van der Waals surface area contributed by atoms with Gasteiger partial charge in [-0.1, -0.05) is 39.2 Å². The Labute approximate surface area is 194 Å². The van der Waals surface area contributed by atoms with Crippen molar-refractivity contribution in [2.24, 2.45) is 17.8 Å². The average Bonchev–Trinajstić information content (AvgIpc) is 3.40. The summed E-state index contributed by atoms with van der Waals surface area (Å²) in [5.74, 6) is -2.83. The Hall–Kier alpha value is -1.54. The summed E-state index contributed by atoms with van der Waals surface area (Å²) in [4.78, 5) is 43.8. The van der Waals surface area contributed by atoms with Gasteiger partial charge in [-0.2, -0.15) is 0 Å². The molecular formula is C24H36N2O5S. The van der Waals surface area contributed by atoms with Gasteiger partial charge < -0.3 is 20.0 Å². The van der Waals surface area contributed by atoms with E-state index < -0.39 is 34.6 Å². The van der Waals surface area contributed by atoms with Crippen molar-refractivity contribution >= 4 is 29.5 Å². The highest BCUT2D eigenvalue weighted by Crippen LogP contribution is 2.67. The first-order valence-corrected chi connectivity index (χ1v) is 12.9. The minimum absolute atomic E-state index is 0.0533. The minimum atomic E-state index is -0.948. The molecular weight excluding hydrogens is 428 g/mol. The van der Waals surface area contributed by atoms with Gasteiger partial charge in [0.05, 0.1) is 29.2 Å². The van der Waals surface area contributed by atoms with E-state index in [1.807, 2.05) is 18.7 Å². The minimum Gasteiger partial charge on any atom is -0.481 e. The number of rotatable bonds is 8. The molecule has 4 rings (SSSR count). The Balaban J connectivity index is 1.78. The predicted octanol–water partition coefficient (Wildman–Crippen LogP) is 2.53. The van der Waals surface area contributed by atoms with Crippen LogP contribution in [0.3, 0.4) is 0 Å². The largest absolute Gasteiger partial charge is 0.481 e. The zero-order chi connectivity index (χ0) is 23.2. The zero-order valence-electron chi connectivity index (χ0n) is 19.1. The van der Waals surface area contributed by atoms with Gasteiger partial charge in [0, 0.05) is 17.8 Å². The molecule has 0 radical (unpaired) electrons. The fraction of sp³-hybridized carbons (Fsp3) is 0.792. The number of carboxylic acid groups (broad SMARTS) is 1. The third-order valence-electron chi connectivity index (χ3n) is 8.20. The van der Waals surface area contributed by atoms with Crippen LogP contribution in [0, 0.1) is 17.8 Å². The first kappa shape index (κ1) is 23.6. The monoisotopic (exact) mass is 464 g/mol. The highest BCUT2D eigenvalue weighted by atomic mass is 32.2. The highest BCUT2D eigenvalue weighted by Gasteiger charge is 2.74. The number of thioether (sulfide) groups is 1. The van der Waals surface area contributed by atoms with Crippen LogP contribution in [-0.4, -0.2) is 79.1 Å². The van der Waals surface area contributed by atoms with Gasteiger partial charge in [-0.05, 0) is 31.6 Å². The van der Waals surface area contributed by atoms with Gasteiger partial charge in [0.1, 0.15) is 6.04 Å². The van der Waals surface area contributed by atoms with E-state index in [1.54, 1.807) is 22.7 Å². The molecule has 8 heteroatoms. The summed E-state index contributed by atoms with van der Waals surface area (Å²) in [6.07, 6.45) is 8.33. The molecule has 32 heavy (non-hydrogen) atoms. The fourth-order valence-corrected chi connectivity index (χ4v) is 8.93. The van der Waals surface area contributed by atoms with Gasteiger partial charge >= 0.3 is 5.97 Å². The Morgan fingerprint density at radius 2 is 1.97 bits per heavy atom. The maximum Gasteiger partial charge on any atom is 0.308 e. The lowest BCUT2D eigenvalue weighted by Crippen LogP contribution is -2.60. The maximum absolute atomic E-state index is 14.3. The van der Waals surface area contributed by atoms with Crippen molar-refractivity contribution in [2.45, 2.75) is 86.9 Å². The van der Waals surface area contributed by atoms with E-state index in [0.717, 1.165) is 25.7 Å². The topological polar surface area (TPSA) is 98.2 Å². The molecule has 6 atom stereocenters. The smallest absolute Gasteiger partial charge is 0.308 e. The van der Waals surface area contributed by atoms with Gasteiger partial charge in [0.25, 0.3) is 0 Å². The van der Waals surface area contributed by atoms with E-state index in [1.165, 1.54) is 6.42 Å². The number of fused-ring (bicyclic) bond motifs is 1. The molecule has 2 bridgehead atoms. The molecule has 3 aliphatic heterocycles. The predicted molar refractivity (Wildman–Crippen MR) is 123 cm³/mol. The molecule has 0 aromatic heterocycles. The van der Waals surface area contributed by atoms with Crippen LogP contribution in [0.15, 0.2) is 12.7 Å². The van der Waals surface area contributed by atoms with E-state index in [-0.39, 0.29) is 35.6 Å². The molecule has 0 aromatic carbocycles. The Morgan fingerprint density at radius 3 is 2.53 bits per heavy atom. The summed E-state index contributed by atoms with van der Waals surface area (Å²) in [5.41, 5.74) is 0. The standard InChI is InChI=1S/C24H36N2O5S/c1-4-12-25(15-8-6-5-7-9-15)22(29)20-24-11-10-17(32-24)18(23(30)31)19(24)21(28)26(20)16(13-27)14(2)3/h4,14-20,27H,1,5-13H2,2-3H3,(H,30,31)/t16-,17-,18+,19-,20?,24?/m0/s1. The average molecular weight is 465 g/mol. The lowest BCUT2D eigenvalue weighted by atomic mass is 9.71. The van der Waals surface area contributed by atoms with Crippen LogP contribution < -0.4 is 0 Å². The first-order chi connectivity index (χ1) is 15.3. The number of amides is 2. The number of carboxylic acids is 1. The SMILES string of the molecule is C=CCN(C(=O)C1N([C@@H](CO)C(C)C)C(=O)[C@@H]2[C@H](C(=O)O)[C@@H]3CCC12S3)C1CCCCC1. The van der Waals surface area contributed by atoms with Crippen LogP contribution in [0.2, 0.25) is 0 Å². The third-order valence-corrected chi connectivity index (χ3v) is 10.1. The molecule has 178 valence electrons. The number of carbonyl (C=O) groups excluding carboxylic acids is 2. The van der Waals surface area contributed by atoms with Gasteiger partial charge in [0.2, 0.25) is 11.8 Å². The summed E-state index contributed by atoms with van der Waals surface area (Å²) in [6, 6.07) is -1.13. The number of aliphatic hydroxyl groups excluding tert-OH is 1. The fourth-order valence-electron chi connectivity index (χ4n) is 6.74. The summed E-state index contributed by atoms with van der Waals surface area (Å²) in [6.45, 7) is 7.91. The van der Waals surface area contributed by atoms with Crippen LogP contribution >= 0.6 is 11.8 Å². The summed E-state index contributed by atoms with van der Waals surface area (Å²) in [5, 5.41) is 20.0. The number of aliphatic carboxylic acids is 1. The van der Waals surface area contributed by atoms with Crippen molar-refractivity contribution in [2.75, 3.05) is 13.2 Å². The Bertz CT molecular complexity index is 782. The number of aliphatic hydroxyl groups is 1. The number of hydrogen-bond acceptors (Lipinski definition) is 5. The molecule has 2 N–H and O–H groups in total. The van der Waals surface area contributed by atoms with Crippen molar-refractivity contribution in [3.05, 3.63) is 12.7 Å². The molecule has 7 nitrogen and oxygen atoms in total. The molecule has 1 aliphatic carbocycles. The summed E-state index contributed by atoms with van der Waals surface area (Å²) in [7, 11) is 0. The van der Waals surface area contributed by atoms with E-state index in [4.69, 9.17) is 0 Å². The third kappa shape index (κ3) is 3.49. The first-order valence-electron chi connectivity index (χ1n) is 12.0. The molecule has 2 amide bonds. The van der Waals surface area contributed by atoms with Crippen molar-refractivity contribution in [1.29, 1.82) is 0 Å². The van der Waals surface area contributed by atoms with Gasteiger partial charge in [-0.15, -0.1) is 18.3 Å². The maximum atomic E-state index is 14.3. The Kier molecular flexibility index (Phi) is 6.65. The van der Waals surface area contributed by atoms with Crippen LogP contribution in [0.4, 0.5) is 0 Å². The molecule has 4 fully saturated rings. The number of nitrogens with zero attached hydrogens (tertiary/aromatic N) is 2. The summed E-state index contributed by atoms with van der Waals surface area (Å²) < 4.78 is -0.724. The lowest BCUT2D eigenvalue weighted by Gasteiger charge is -2.43. The lowest BCUT2D eigenvalue weighted by molar-refractivity contribution is -0.150. The highest BCUT2D eigenvalue weighted by molar-refractivity contribution is 8.02. The van der Waals surface area contributed by atoms with Crippen molar-refractivity contribution in [3.8, 4) is 0 Å². The van der Waals surface area contributed by atoms with Gasteiger partial charge in [0.15, 0.2) is 0 Å². The zero-order valence-corrected chi connectivity index (χ0v) is 19.9.